The first-order chi connectivity index (χ1) is 13.8. The average molecular weight is 422 g/mol. The second kappa shape index (κ2) is 10.8. The van der Waals surface area contributed by atoms with Gasteiger partial charge in [0.15, 0.2) is 0 Å². The highest BCUT2D eigenvalue weighted by molar-refractivity contribution is 6.01. The Hall–Kier alpha value is -2.77. The van der Waals surface area contributed by atoms with Crippen molar-refractivity contribution in [3.8, 4) is 0 Å². The molecule has 0 aromatic rings. The summed E-state index contributed by atoms with van der Waals surface area (Å²) >= 11 is 0. The van der Waals surface area contributed by atoms with Crippen molar-refractivity contribution in [3.63, 3.8) is 0 Å². The van der Waals surface area contributed by atoms with E-state index >= 15 is 0 Å². The number of carbonyl (C=O) groups is 2. The van der Waals surface area contributed by atoms with Gasteiger partial charge in [0, 0.05) is 5.92 Å². The molecule has 2 N–H and O–H groups in total. The lowest BCUT2D eigenvalue weighted by Crippen LogP contribution is -2.47. The van der Waals surface area contributed by atoms with Crippen LogP contribution in [-0.4, -0.2) is 42.5 Å². The van der Waals surface area contributed by atoms with Crippen LogP contribution in [0.5, 0.6) is 0 Å². The van der Waals surface area contributed by atoms with E-state index in [-0.39, 0.29) is 24.3 Å². The lowest BCUT2D eigenvalue weighted by molar-refractivity contribution is 0.0545. The lowest BCUT2D eigenvalue weighted by atomic mass is 9.88. The topological polar surface area (TPSA) is 98.3 Å². The molecular weight excluding hydrogens is 386 g/mol. The third-order valence-corrected chi connectivity index (χ3v) is 3.73. The Morgan fingerprint density at radius 1 is 1.10 bits per heavy atom. The Labute approximate surface area is 179 Å². The monoisotopic (exact) mass is 421 g/mol. The second-order valence-corrected chi connectivity index (χ2v) is 8.96. The summed E-state index contributed by atoms with van der Waals surface area (Å²) in [7, 11) is 0. The van der Waals surface area contributed by atoms with Crippen LogP contribution in [0.2, 0.25) is 0 Å². The van der Waals surface area contributed by atoms with Crippen molar-refractivity contribution in [2.75, 3.05) is 13.2 Å². The van der Waals surface area contributed by atoms with E-state index in [2.05, 4.69) is 22.2 Å². The van der Waals surface area contributed by atoms with Crippen molar-refractivity contribution in [1.82, 2.24) is 10.6 Å². The first kappa shape index (κ1) is 25.3. The van der Waals surface area contributed by atoms with Gasteiger partial charge in [-0.25, -0.2) is 9.59 Å². The van der Waals surface area contributed by atoms with Crippen LogP contribution >= 0.6 is 0 Å². The number of nitrogens with one attached hydrogen (secondary N) is 2. The van der Waals surface area contributed by atoms with Crippen LogP contribution in [0.3, 0.4) is 0 Å². The molecule has 0 heterocycles. The van der Waals surface area contributed by atoms with E-state index in [1.165, 1.54) is 0 Å². The zero-order valence-corrected chi connectivity index (χ0v) is 19.1. The van der Waals surface area contributed by atoms with Gasteiger partial charge in [0.05, 0.1) is 6.54 Å². The number of rotatable bonds is 5. The summed E-state index contributed by atoms with van der Waals surface area (Å²) in [5.74, 6) is 0.805. The van der Waals surface area contributed by atoms with Crippen LogP contribution in [0, 0.1) is 11.8 Å². The Bertz CT molecular complexity index is 679. The van der Waals surface area contributed by atoms with Crippen LogP contribution in [0.25, 0.3) is 0 Å². The van der Waals surface area contributed by atoms with Gasteiger partial charge in [-0.3, -0.25) is 15.6 Å². The van der Waals surface area contributed by atoms with E-state index in [9.17, 15) is 9.59 Å². The smallest absolute Gasteiger partial charge is 0.414 e. The van der Waals surface area contributed by atoms with E-state index in [4.69, 9.17) is 14.2 Å². The van der Waals surface area contributed by atoms with Gasteiger partial charge in [-0.2, -0.15) is 0 Å². The number of aliphatic imine (C=N–C) groups is 1. The van der Waals surface area contributed by atoms with Crippen molar-refractivity contribution < 1.29 is 23.8 Å². The van der Waals surface area contributed by atoms with Crippen molar-refractivity contribution in [2.24, 2.45) is 16.8 Å². The third-order valence-electron chi connectivity index (χ3n) is 3.73. The van der Waals surface area contributed by atoms with E-state index < -0.39 is 23.4 Å². The molecule has 0 aromatic carbocycles. The molecule has 1 aliphatic rings. The number of hydrogen-bond donors (Lipinski definition) is 2. The fourth-order valence-corrected chi connectivity index (χ4v) is 2.51. The lowest BCUT2D eigenvalue weighted by Gasteiger charge is -2.26. The molecule has 168 valence electrons. The quantitative estimate of drug-likeness (QED) is 0.392. The zero-order chi connectivity index (χ0) is 22.9. The number of amides is 2. The molecular formula is C22H35N3O5. The Kier molecular flexibility index (Phi) is 9.14. The molecule has 0 saturated heterocycles. The molecule has 0 aromatic heterocycles. The van der Waals surface area contributed by atoms with Crippen molar-refractivity contribution in [1.29, 1.82) is 0 Å². The molecule has 0 spiro atoms. The van der Waals surface area contributed by atoms with E-state index in [1.807, 2.05) is 25.2 Å². The highest BCUT2D eigenvalue weighted by atomic mass is 16.6. The number of carbonyl (C=O) groups excluding carboxylic acids is 2. The van der Waals surface area contributed by atoms with Crippen molar-refractivity contribution in [3.05, 3.63) is 36.6 Å². The SMILES string of the molecule is C=CCOC1=CC=CC(C)C1CN=C(NC(=O)OC(C)(C)C)NC(=O)OC(C)(C)C. The minimum atomic E-state index is -0.729. The number of ether oxygens (including phenoxy) is 3. The van der Waals surface area contributed by atoms with Gasteiger partial charge in [-0.1, -0.05) is 31.7 Å². The molecule has 0 fully saturated rings. The number of alkyl carbamates (subject to hydrolysis) is 2. The summed E-state index contributed by atoms with van der Waals surface area (Å²) in [6.07, 6.45) is 6.07. The van der Waals surface area contributed by atoms with Gasteiger partial charge < -0.3 is 14.2 Å². The fraction of sp³-hybridized carbons (Fsp3) is 0.591. The van der Waals surface area contributed by atoms with Crippen LogP contribution in [0.15, 0.2) is 41.6 Å². The Morgan fingerprint density at radius 2 is 1.63 bits per heavy atom. The zero-order valence-electron chi connectivity index (χ0n) is 19.1. The summed E-state index contributed by atoms with van der Waals surface area (Å²) < 4.78 is 16.3. The normalized spacial score (nSPS) is 18.6. The molecule has 2 atom stereocenters. The number of allylic oxidation sites excluding steroid dienone is 3. The summed E-state index contributed by atoms with van der Waals surface area (Å²) in [6, 6.07) is 0. The van der Waals surface area contributed by atoms with Crippen LogP contribution in [0.1, 0.15) is 48.5 Å². The standard InChI is InChI=1S/C22H35N3O5/c1-9-13-28-17-12-10-11-15(2)16(17)14-23-18(24-19(26)29-21(3,4)5)25-20(27)30-22(6,7)8/h9-12,15-16H,1,13-14H2,2-8H3,(H2,23,24,25,26,27). The summed E-state index contributed by atoms with van der Waals surface area (Å²) in [4.78, 5) is 28.8. The number of guanidine groups is 1. The summed E-state index contributed by atoms with van der Waals surface area (Å²) in [6.45, 7) is 16.8. The van der Waals surface area contributed by atoms with Gasteiger partial charge in [-0.05, 0) is 53.5 Å². The average Bonchev–Trinajstić information content (AvgIpc) is 2.55. The minimum absolute atomic E-state index is 0.0525. The van der Waals surface area contributed by atoms with Crippen molar-refractivity contribution >= 4 is 18.1 Å². The van der Waals surface area contributed by atoms with Gasteiger partial charge in [0.1, 0.15) is 23.6 Å². The highest BCUT2D eigenvalue weighted by Crippen LogP contribution is 2.27. The molecule has 0 saturated carbocycles. The Balaban J connectivity index is 2.97. The minimum Gasteiger partial charge on any atom is -0.494 e. The highest BCUT2D eigenvalue weighted by Gasteiger charge is 2.25. The van der Waals surface area contributed by atoms with Crippen LogP contribution in [-0.2, 0) is 14.2 Å². The molecule has 1 rings (SSSR count). The maximum atomic E-state index is 12.2. The predicted molar refractivity (Wildman–Crippen MR) is 117 cm³/mol. The summed E-state index contributed by atoms with van der Waals surface area (Å²) in [5, 5.41) is 4.97. The molecule has 0 aliphatic heterocycles. The third kappa shape index (κ3) is 10.1. The predicted octanol–water partition coefficient (Wildman–Crippen LogP) is 4.30. The molecule has 30 heavy (non-hydrogen) atoms. The maximum absolute atomic E-state index is 12.2. The summed E-state index contributed by atoms with van der Waals surface area (Å²) in [5.41, 5.74) is -1.39. The molecule has 8 heteroatoms. The molecule has 2 amide bonds. The van der Waals surface area contributed by atoms with E-state index in [0.29, 0.717) is 6.61 Å². The number of hydrogen-bond acceptors (Lipinski definition) is 6. The van der Waals surface area contributed by atoms with Crippen LogP contribution < -0.4 is 10.6 Å². The van der Waals surface area contributed by atoms with Gasteiger partial charge in [-0.15, -0.1) is 0 Å². The van der Waals surface area contributed by atoms with Crippen molar-refractivity contribution in [2.45, 2.75) is 59.7 Å². The first-order valence-electron chi connectivity index (χ1n) is 9.97. The fourth-order valence-electron chi connectivity index (χ4n) is 2.51. The molecule has 8 nitrogen and oxygen atoms in total. The first-order valence-corrected chi connectivity index (χ1v) is 9.97. The van der Waals surface area contributed by atoms with Gasteiger partial charge in [0.25, 0.3) is 0 Å². The molecule has 0 radical (unpaired) electrons. The van der Waals surface area contributed by atoms with Gasteiger partial charge in [0.2, 0.25) is 5.96 Å². The second-order valence-electron chi connectivity index (χ2n) is 8.96. The molecule has 1 aliphatic carbocycles. The largest absolute Gasteiger partial charge is 0.494 e. The Morgan fingerprint density at radius 3 is 2.10 bits per heavy atom. The van der Waals surface area contributed by atoms with E-state index in [0.717, 1.165) is 5.76 Å². The number of nitrogens with zero attached hydrogens (tertiary/aromatic N) is 1. The van der Waals surface area contributed by atoms with Crippen LogP contribution in [0.4, 0.5) is 9.59 Å². The van der Waals surface area contributed by atoms with Gasteiger partial charge >= 0.3 is 12.2 Å². The van der Waals surface area contributed by atoms with E-state index in [1.54, 1.807) is 47.6 Å². The maximum Gasteiger partial charge on any atom is 0.414 e. The molecule has 2 unspecified atom stereocenters. The molecule has 0 bridgehead atoms.